The second-order valence-corrected chi connectivity index (χ2v) is 6.07. The molecule has 0 radical (unpaired) electrons. The number of rotatable bonds is 4. The molecule has 1 atom stereocenters. The first-order chi connectivity index (χ1) is 8.50. The van der Waals surface area contributed by atoms with Gasteiger partial charge in [-0.05, 0) is 38.0 Å². The molecule has 3 nitrogen and oxygen atoms in total. The van der Waals surface area contributed by atoms with E-state index in [0.29, 0.717) is 5.41 Å². The van der Waals surface area contributed by atoms with Crippen LogP contribution in [0.25, 0.3) is 0 Å². The molecule has 0 aromatic carbocycles. The molecular formula is C14H24ClN3. The van der Waals surface area contributed by atoms with Crippen LogP contribution < -0.4 is 5.73 Å². The SMILES string of the molecule is CCC1(C(N)Cc2c(C)nn(C)c2Cl)CCCC1. The van der Waals surface area contributed by atoms with Crippen molar-refractivity contribution in [1.29, 1.82) is 0 Å². The molecule has 0 aliphatic heterocycles. The smallest absolute Gasteiger partial charge is 0.130 e. The van der Waals surface area contributed by atoms with Crippen molar-refractivity contribution in [2.75, 3.05) is 0 Å². The van der Waals surface area contributed by atoms with Gasteiger partial charge in [-0.15, -0.1) is 0 Å². The number of hydrogen-bond donors (Lipinski definition) is 1. The highest BCUT2D eigenvalue weighted by Gasteiger charge is 2.38. The van der Waals surface area contributed by atoms with Crippen molar-refractivity contribution in [3.05, 3.63) is 16.4 Å². The van der Waals surface area contributed by atoms with Crippen molar-refractivity contribution in [2.45, 2.75) is 58.4 Å². The Morgan fingerprint density at radius 1 is 1.44 bits per heavy atom. The largest absolute Gasteiger partial charge is 0.327 e. The van der Waals surface area contributed by atoms with Gasteiger partial charge in [-0.2, -0.15) is 5.10 Å². The summed E-state index contributed by atoms with van der Waals surface area (Å²) in [7, 11) is 1.88. The lowest BCUT2D eigenvalue weighted by Gasteiger charge is -2.34. The third-order valence-corrected chi connectivity index (χ3v) is 5.26. The van der Waals surface area contributed by atoms with Gasteiger partial charge in [-0.1, -0.05) is 31.4 Å². The Morgan fingerprint density at radius 3 is 2.50 bits per heavy atom. The number of aromatic nitrogens is 2. The van der Waals surface area contributed by atoms with Crippen molar-refractivity contribution < 1.29 is 0 Å². The van der Waals surface area contributed by atoms with Gasteiger partial charge in [-0.25, -0.2) is 0 Å². The molecular weight excluding hydrogens is 246 g/mol. The van der Waals surface area contributed by atoms with Gasteiger partial charge in [0.2, 0.25) is 0 Å². The number of nitrogens with zero attached hydrogens (tertiary/aromatic N) is 2. The summed E-state index contributed by atoms with van der Waals surface area (Å²) in [5.41, 5.74) is 8.98. The Balaban J connectivity index is 2.18. The first-order valence-electron chi connectivity index (χ1n) is 6.93. The molecule has 1 aliphatic rings. The van der Waals surface area contributed by atoms with E-state index in [0.717, 1.165) is 22.8 Å². The molecule has 102 valence electrons. The fraction of sp³-hybridized carbons (Fsp3) is 0.786. The van der Waals surface area contributed by atoms with Crippen molar-refractivity contribution in [3.8, 4) is 0 Å². The Labute approximate surface area is 115 Å². The molecule has 1 aromatic heterocycles. The fourth-order valence-corrected chi connectivity index (χ4v) is 3.66. The van der Waals surface area contributed by atoms with E-state index in [2.05, 4.69) is 12.0 Å². The van der Waals surface area contributed by atoms with Crippen LogP contribution in [0.5, 0.6) is 0 Å². The van der Waals surface area contributed by atoms with Crippen LogP contribution in [0.4, 0.5) is 0 Å². The molecule has 4 heteroatoms. The molecule has 2 rings (SSSR count). The van der Waals surface area contributed by atoms with Crippen molar-refractivity contribution in [1.82, 2.24) is 9.78 Å². The van der Waals surface area contributed by atoms with Crippen LogP contribution in [-0.2, 0) is 13.5 Å². The van der Waals surface area contributed by atoms with Crippen LogP contribution in [0.15, 0.2) is 0 Å². The molecule has 0 saturated heterocycles. The van der Waals surface area contributed by atoms with Crippen LogP contribution in [0, 0.1) is 12.3 Å². The minimum Gasteiger partial charge on any atom is -0.327 e. The second-order valence-electron chi connectivity index (χ2n) is 5.71. The van der Waals surface area contributed by atoms with E-state index in [-0.39, 0.29) is 6.04 Å². The van der Waals surface area contributed by atoms with Gasteiger partial charge in [0.1, 0.15) is 5.15 Å². The third-order valence-electron chi connectivity index (χ3n) is 4.78. The number of halogens is 1. The van der Waals surface area contributed by atoms with Gasteiger partial charge in [0.15, 0.2) is 0 Å². The monoisotopic (exact) mass is 269 g/mol. The minimum atomic E-state index is 0.199. The maximum atomic E-state index is 6.51. The van der Waals surface area contributed by atoms with Gasteiger partial charge in [0.05, 0.1) is 5.69 Å². The van der Waals surface area contributed by atoms with Crippen molar-refractivity contribution in [2.24, 2.45) is 18.2 Å². The summed E-state index contributed by atoms with van der Waals surface area (Å²) in [6, 6.07) is 0.199. The average molecular weight is 270 g/mol. The minimum absolute atomic E-state index is 0.199. The quantitative estimate of drug-likeness (QED) is 0.912. The molecule has 2 N–H and O–H groups in total. The average Bonchev–Trinajstić information content (AvgIpc) is 2.91. The Bertz CT molecular complexity index is 419. The zero-order valence-electron chi connectivity index (χ0n) is 11.7. The van der Waals surface area contributed by atoms with E-state index >= 15 is 0 Å². The summed E-state index contributed by atoms with van der Waals surface area (Å²) in [4.78, 5) is 0. The summed E-state index contributed by atoms with van der Waals surface area (Å²) in [5, 5.41) is 5.11. The zero-order chi connectivity index (χ0) is 13.3. The molecule has 0 spiro atoms. The first-order valence-corrected chi connectivity index (χ1v) is 7.31. The number of nitrogens with two attached hydrogens (primary N) is 1. The highest BCUT2D eigenvalue weighted by molar-refractivity contribution is 6.30. The lowest BCUT2D eigenvalue weighted by atomic mass is 9.74. The van der Waals surface area contributed by atoms with Crippen LogP contribution in [0.2, 0.25) is 5.15 Å². The summed E-state index contributed by atoms with van der Waals surface area (Å²) >= 11 is 6.30. The molecule has 1 aliphatic carbocycles. The van der Waals surface area contributed by atoms with E-state index in [1.54, 1.807) is 4.68 Å². The molecule has 1 saturated carbocycles. The predicted octanol–water partition coefficient (Wildman–Crippen LogP) is 3.22. The van der Waals surface area contributed by atoms with Crippen LogP contribution in [0.3, 0.4) is 0 Å². The van der Waals surface area contributed by atoms with Gasteiger partial charge < -0.3 is 5.73 Å². The lowest BCUT2D eigenvalue weighted by Crippen LogP contribution is -2.41. The Morgan fingerprint density at radius 2 is 2.06 bits per heavy atom. The standard InChI is InChI=1S/C14H24ClN3/c1-4-14(7-5-6-8-14)12(16)9-11-10(2)17-18(3)13(11)15/h12H,4-9,16H2,1-3H3. The van der Waals surface area contributed by atoms with E-state index in [1.165, 1.54) is 32.1 Å². The van der Waals surface area contributed by atoms with Gasteiger partial charge in [0.25, 0.3) is 0 Å². The third kappa shape index (κ3) is 2.30. The second kappa shape index (κ2) is 5.22. The van der Waals surface area contributed by atoms with Crippen molar-refractivity contribution in [3.63, 3.8) is 0 Å². The summed E-state index contributed by atoms with van der Waals surface area (Å²) in [6.45, 7) is 4.28. The molecule has 1 unspecified atom stereocenters. The topological polar surface area (TPSA) is 43.8 Å². The normalized spacial score (nSPS) is 20.3. The molecule has 1 aromatic rings. The van der Waals surface area contributed by atoms with Gasteiger partial charge in [0, 0.05) is 18.7 Å². The van der Waals surface area contributed by atoms with Crippen LogP contribution >= 0.6 is 11.6 Å². The molecule has 0 amide bonds. The fourth-order valence-electron chi connectivity index (χ4n) is 3.41. The van der Waals surface area contributed by atoms with Crippen LogP contribution in [0.1, 0.15) is 50.3 Å². The van der Waals surface area contributed by atoms with E-state index in [4.69, 9.17) is 17.3 Å². The van der Waals surface area contributed by atoms with E-state index in [9.17, 15) is 0 Å². The Hall–Kier alpha value is -0.540. The van der Waals surface area contributed by atoms with Gasteiger partial charge >= 0.3 is 0 Å². The van der Waals surface area contributed by atoms with E-state index < -0.39 is 0 Å². The number of hydrogen-bond acceptors (Lipinski definition) is 2. The maximum Gasteiger partial charge on any atom is 0.130 e. The molecule has 1 fully saturated rings. The maximum absolute atomic E-state index is 6.51. The van der Waals surface area contributed by atoms with E-state index in [1.807, 2.05) is 14.0 Å². The highest BCUT2D eigenvalue weighted by atomic mass is 35.5. The lowest BCUT2D eigenvalue weighted by molar-refractivity contribution is 0.218. The Kier molecular flexibility index (Phi) is 4.02. The first kappa shape index (κ1) is 13.9. The molecule has 1 heterocycles. The van der Waals surface area contributed by atoms with Gasteiger partial charge in [-0.3, -0.25) is 4.68 Å². The number of aryl methyl sites for hydroxylation is 2. The van der Waals surface area contributed by atoms with Crippen LogP contribution in [-0.4, -0.2) is 15.8 Å². The zero-order valence-corrected chi connectivity index (χ0v) is 12.4. The molecule has 0 bridgehead atoms. The highest BCUT2D eigenvalue weighted by Crippen LogP contribution is 2.44. The molecule has 18 heavy (non-hydrogen) atoms. The summed E-state index contributed by atoms with van der Waals surface area (Å²) in [5.74, 6) is 0. The summed E-state index contributed by atoms with van der Waals surface area (Å²) in [6.07, 6.45) is 7.20. The predicted molar refractivity (Wildman–Crippen MR) is 75.8 cm³/mol. The summed E-state index contributed by atoms with van der Waals surface area (Å²) < 4.78 is 1.74. The van der Waals surface area contributed by atoms with Crippen molar-refractivity contribution >= 4 is 11.6 Å².